The third kappa shape index (κ3) is 2.57. The zero-order valence-electron chi connectivity index (χ0n) is 8.60. The van der Waals surface area contributed by atoms with E-state index >= 15 is 0 Å². The number of rotatable bonds is 4. The minimum atomic E-state index is -0.133. The van der Waals surface area contributed by atoms with Crippen LogP contribution in [0.4, 0.5) is 5.69 Å². The first-order chi connectivity index (χ1) is 6.65. The number of anilines is 1. The van der Waals surface area contributed by atoms with E-state index in [1.54, 1.807) is 0 Å². The molecule has 0 aliphatic rings. The Bertz CT molecular complexity index is 310. The molecule has 3 heteroatoms. The van der Waals surface area contributed by atoms with Crippen molar-refractivity contribution in [3.8, 4) is 0 Å². The van der Waals surface area contributed by atoms with Crippen molar-refractivity contribution < 1.29 is 4.79 Å². The Morgan fingerprint density at radius 3 is 2.57 bits per heavy atom. The quantitative estimate of drug-likeness (QED) is 0.574. The Morgan fingerprint density at radius 1 is 1.43 bits per heavy atom. The largest absolute Gasteiger partial charge is 0.398 e. The number of carbonyl (C=O) groups is 1. The van der Waals surface area contributed by atoms with Crippen molar-refractivity contribution >= 4 is 12.0 Å². The second kappa shape index (κ2) is 4.77. The molecule has 0 aliphatic carbocycles. The minimum Gasteiger partial charge on any atom is -0.398 e. The molecule has 1 unspecified atom stereocenters. The summed E-state index contributed by atoms with van der Waals surface area (Å²) in [6.07, 6.45) is 0.950. The van der Waals surface area contributed by atoms with E-state index in [0.717, 1.165) is 11.8 Å². The highest BCUT2D eigenvalue weighted by atomic mass is 16.1. The molecule has 1 rings (SSSR count). The lowest BCUT2D eigenvalue weighted by Crippen LogP contribution is -2.21. The summed E-state index contributed by atoms with van der Waals surface area (Å²) < 4.78 is 0. The third-order valence-corrected chi connectivity index (χ3v) is 2.12. The highest BCUT2D eigenvalue weighted by Gasteiger charge is 2.13. The fraction of sp³-hybridized carbons (Fsp3) is 0.364. The van der Waals surface area contributed by atoms with E-state index in [-0.39, 0.29) is 5.92 Å². The van der Waals surface area contributed by atoms with Gasteiger partial charge in [0.15, 0.2) is 0 Å². The molecule has 0 fully saturated rings. The van der Waals surface area contributed by atoms with E-state index in [1.165, 1.54) is 0 Å². The van der Waals surface area contributed by atoms with Crippen molar-refractivity contribution in [1.82, 2.24) is 4.90 Å². The van der Waals surface area contributed by atoms with Crippen molar-refractivity contribution in [1.29, 1.82) is 0 Å². The summed E-state index contributed by atoms with van der Waals surface area (Å²) >= 11 is 0. The van der Waals surface area contributed by atoms with Crippen LogP contribution in [-0.2, 0) is 4.79 Å². The number of nitrogens with zero attached hydrogens (tertiary/aromatic N) is 1. The zero-order chi connectivity index (χ0) is 10.6. The molecule has 0 radical (unpaired) electrons. The van der Waals surface area contributed by atoms with Crippen molar-refractivity contribution in [2.75, 3.05) is 26.4 Å². The molecule has 3 nitrogen and oxygen atoms in total. The molecule has 2 N–H and O–H groups in total. The molecule has 14 heavy (non-hydrogen) atoms. The Kier molecular flexibility index (Phi) is 3.65. The van der Waals surface area contributed by atoms with E-state index in [1.807, 2.05) is 43.3 Å². The summed E-state index contributed by atoms with van der Waals surface area (Å²) in [5.41, 5.74) is 7.40. The van der Waals surface area contributed by atoms with Crippen LogP contribution in [0, 0.1) is 0 Å². The van der Waals surface area contributed by atoms with Crippen LogP contribution in [0.1, 0.15) is 11.5 Å². The van der Waals surface area contributed by atoms with E-state index < -0.39 is 0 Å². The standard InChI is InChI=1S/C11H16N2O/c1-13(2)7-9(8-14)10-5-3-4-6-11(10)12/h3-6,8-9H,7,12H2,1-2H3. The van der Waals surface area contributed by atoms with E-state index in [4.69, 9.17) is 5.73 Å². The summed E-state index contributed by atoms with van der Waals surface area (Å²) in [5, 5.41) is 0. The van der Waals surface area contributed by atoms with Gasteiger partial charge in [0.05, 0.1) is 5.92 Å². The fourth-order valence-corrected chi connectivity index (χ4v) is 1.46. The van der Waals surface area contributed by atoms with Crippen LogP contribution in [0.15, 0.2) is 24.3 Å². The molecule has 0 saturated carbocycles. The van der Waals surface area contributed by atoms with Gasteiger partial charge in [-0.15, -0.1) is 0 Å². The first-order valence-corrected chi connectivity index (χ1v) is 4.59. The molecule has 0 saturated heterocycles. The number of carbonyl (C=O) groups excluding carboxylic acids is 1. The highest BCUT2D eigenvalue weighted by Crippen LogP contribution is 2.20. The molecule has 0 spiro atoms. The number of para-hydroxylation sites is 1. The number of benzene rings is 1. The predicted octanol–water partition coefficient (Wildman–Crippen LogP) is 1.11. The van der Waals surface area contributed by atoms with Gasteiger partial charge in [-0.05, 0) is 25.7 Å². The molecule has 0 amide bonds. The number of aldehydes is 1. The highest BCUT2D eigenvalue weighted by molar-refractivity contribution is 5.67. The monoisotopic (exact) mass is 192 g/mol. The molecule has 0 heterocycles. The molecular weight excluding hydrogens is 176 g/mol. The summed E-state index contributed by atoms with van der Waals surface area (Å²) in [5.74, 6) is -0.133. The van der Waals surface area contributed by atoms with Crippen LogP contribution in [0.25, 0.3) is 0 Å². The first-order valence-electron chi connectivity index (χ1n) is 4.59. The Morgan fingerprint density at radius 2 is 2.07 bits per heavy atom. The lowest BCUT2D eigenvalue weighted by molar-refractivity contribution is -0.109. The van der Waals surface area contributed by atoms with Gasteiger partial charge in [-0.25, -0.2) is 0 Å². The third-order valence-electron chi connectivity index (χ3n) is 2.12. The number of hydrogen-bond donors (Lipinski definition) is 1. The van der Waals surface area contributed by atoms with Crippen molar-refractivity contribution in [3.05, 3.63) is 29.8 Å². The fourth-order valence-electron chi connectivity index (χ4n) is 1.46. The number of likely N-dealkylation sites (N-methyl/N-ethyl adjacent to an activating group) is 1. The van der Waals surface area contributed by atoms with Crippen LogP contribution in [-0.4, -0.2) is 31.8 Å². The van der Waals surface area contributed by atoms with Gasteiger partial charge in [-0.1, -0.05) is 18.2 Å². The Balaban J connectivity index is 2.89. The molecule has 1 aromatic rings. The maximum atomic E-state index is 10.9. The zero-order valence-corrected chi connectivity index (χ0v) is 8.60. The van der Waals surface area contributed by atoms with Crippen LogP contribution >= 0.6 is 0 Å². The van der Waals surface area contributed by atoms with Gasteiger partial charge in [-0.2, -0.15) is 0 Å². The van der Waals surface area contributed by atoms with Crippen molar-refractivity contribution in [2.45, 2.75) is 5.92 Å². The van der Waals surface area contributed by atoms with E-state index in [9.17, 15) is 4.79 Å². The van der Waals surface area contributed by atoms with E-state index in [2.05, 4.69) is 0 Å². The van der Waals surface area contributed by atoms with Crippen molar-refractivity contribution in [3.63, 3.8) is 0 Å². The van der Waals surface area contributed by atoms with Gasteiger partial charge < -0.3 is 15.4 Å². The Labute approximate surface area is 84.5 Å². The normalized spacial score (nSPS) is 12.8. The maximum absolute atomic E-state index is 10.9. The SMILES string of the molecule is CN(C)CC(C=O)c1ccccc1N. The average Bonchev–Trinajstić information content (AvgIpc) is 2.15. The smallest absolute Gasteiger partial charge is 0.128 e. The number of nitrogens with two attached hydrogens (primary N) is 1. The molecule has 0 aromatic heterocycles. The Hall–Kier alpha value is -1.35. The lowest BCUT2D eigenvalue weighted by atomic mass is 9.98. The molecule has 1 aromatic carbocycles. The van der Waals surface area contributed by atoms with Crippen LogP contribution in [0.2, 0.25) is 0 Å². The van der Waals surface area contributed by atoms with Gasteiger partial charge >= 0.3 is 0 Å². The molecular formula is C11H16N2O. The van der Waals surface area contributed by atoms with Gasteiger partial charge in [-0.3, -0.25) is 0 Å². The number of hydrogen-bond acceptors (Lipinski definition) is 3. The van der Waals surface area contributed by atoms with Crippen LogP contribution < -0.4 is 5.73 Å². The topological polar surface area (TPSA) is 46.3 Å². The van der Waals surface area contributed by atoms with Crippen LogP contribution in [0.3, 0.4) is 0 Å². The number of nitrogen functional groups attached to an aromatic ring is 1. The van der Waals surface area contributed by atoms with Crippen LogP contribution in [0.5, 0.6) is 0 Å². The summed E-state index contributed by atoms with van der Waals surface area (Å²) in [6.45, 7) is 0.692. The van der Waals surface area contributed by atoms with E-state index in [0.29, 0.717) is 12.2 Å². The predicted molar refractivity (Wildman–Crippen MR) is 58.2 cm³/mol. The molecule has 0 aliphatic heterocycles. The summed E-state index contributed by atoms with van der Waals surface area (Å²) in [4.78, 5) is 12.9. The van der Waals surface area contributed by atoms with Gasteiger partial charge in [0.1, 0.15) is 6.29 Å². The molecule has 76 valence electrons. The van der Waals surface area contributed by atoms with Gasteiger partial charge in [0.25, 0.3) is 0 Å². The minimum absolute atomic E-state index is 0.133. The summed E-state index contributed by atoms with van der Waals surface area (Å²) in [7, 11) is 3.88. The van der Waals surface area contributed by atoms with Crippen molar-refractivity contribution in [2.24, 2.45) is 0 Å². The molecule has 0 bridgehead atoms. The summed E-state index contributed by atoms with van der Waals surface area (Å²) in [6, 6.07) is 7.49. The molecule has 1 atom stereocenters. The first kappa shape index (κ1) is 10.7. The second-order valence-corrected chi connectivity index (χ2v) is 3.63. The lowest BCUT2D eigenvalue weighted by Gasteiger charge is -2.17. The second-order valence-electron chi connectivity index (χ2n) is 3.63. The maximum Gasteiger partial charge on any atom is 0.128 e. The van der Waals surface area contributed by atoms with Gasteiger partial charge in [0, 0.05) is 12.2 Å². The average molecular weight is 192 g/mol. The van der Waals surface area contributed by atoms with Gasteiger partial charge in [0.2, 0.25) is 0 Å².